The molecule has 0 N–H and O–H groups in total. The Hall–Kier alpha value is -2.82. The van der Waals surface area contributed by atoms with E-state index in [1.165, 1.54) is 5.56 Å². The van der Waals surface area contributed by atoms with E-state index in [1.54, 1.807) is 0 Å². The summed E-state index contributed by atoms with van der Waals surface area (Å²) in [6.07, 6.45) is 10.1. The second-order valence-electron chi connectivity index (χ2n) is 6.67. The molecule has 5 heteroatoms. The SMILES string of the molecule is Cn1cc(C2CCCN(C(=O)c3ccc(-n4cccc4)cc3)C2)cn1. The summed E-state index contributed by atoms with van der Waals surface area (Å²) in [6, 6.07) is 11.8. The molecule has 1 aliphatic rings. The maximum atomic E-state index is 12.9. The van der Waals surface area contributed by atoms with E-state index in [0.717, 1.165) is 37.2 Å². The molecule has 0 spiro atoms. The van der Waals surface area contributed by atoms with Crippen LogP contribution in [0.2, 0.25) is 0 Å². The van der Waals surface area contributed by atoms with Crippen molar-refractivity contribution < 1.29 is 4.79 Å². The Morgan fingerprint density at radius 2 is 1.92 bits per heavy atom. The molecule has 1 aliphatic heterocycles. The van der Waals surface area contributed by atoms with Gasteiger partial charge in [0.2, 0.25) is 0 Å². The number of hydrogen-bond acceptors (Lipinski definition) is 2. The highest BCUT2D eigenvalue weighted by Gasteiger charge is 2.26. The molecule has 5 nitrogen and oxygen atoms in total. The Balaban J connectivity index is 1.48. The Morgan fingerprint density at radius 3 is 2.60 bits per heavy atom. The zero-order chi connectivity index (χ0) is 17.2. The molecule has 4 rings (SSSR count). The van der Waals surface area contributed by atoms with Crippen molar-refractivity contribution in [2.75, 3.05) is 13.1 Å². The van der Waals surface area contributed by atoms with Gasteiger partial charge in [0.1, 0.15) is 0 Å². The van der Waals surface area contributed by atoms with Crippen LogP contribution in [0.3, 0.4) is 0 Å². The smallest absolute Gasteiger partial charge is 0.253 e. The number of amides is 1. The van der Waals surface area contributed by atoms with Crippen LogP contribution in [0.25, 0.3) is 5.69 Å². The van der Waals surface area contributed by atoms with Gasteiger partial charge in [-0.3, -0.25) is 9.48 Å². The lowest BCUT2D eigenvalue weighted by Crippen LogP contribution is -2.39. The van der Waals surface area contributed by atoms with Gasteiger partial charge in [0.05, 0.1) is 6.20 Å². The normalized spacial score (nSPS) is 17.6. The van der Waals surface area contributed by atoms with Crippen molar-refractivity contribution in [2.24, 2.45) is 7.05 Å². The molecule has 2 aromatic heterocycles. The van der Waals surface area contributed by atoms with Crippen LogP contribution >= 0.6 is 0 Å². The minimum Gasteiger partial charge on any atom is -0.338 e. The van der Waals surface area contributed by atoms with E-state index in [2.05, 4.69) is 11.3 Å². The van der Waals surface area contributed by atoms with Gasteiger partial charge in [-0.25, -0.2) is 0 Å². The van der Waals surface area contributed by atoms with Crippen molar-refractivity contribution in [3.05, 3.63) is 72.3 Å². The third-order valence-electron chi connectivity index (χ3n) is 4.92. The molecule has 1 aromatic carbocycles. The van der Waals surface area contributed by atoms with Gasteiger partial charge in [-0.05, 0) is 54.8 Å². The van der Waals surface area contributed by atoms with E-state index in [9.17, 15) is 4.79 Å². The molecule has 25 heavy (non-hydrogen) atoms. The van der Waals surface area contributed by atoms with Crippen LogP contribution in [0.4, 0.5) is 0 Å². The van der Waals surface area contributed by atoms with Gasteiger partial charge < -0.3 is 9.47 Å². The first kappa shape index (κ1) is 15.7. The molecular formula is C20H22N4O. The van der Waals surface area contributed by atoms with E-state index in [-0.39, 0.29) is 5.91 Å². The third-order valence-corrected chi connectivity index (χ3v) is 4.92. The van der Waals surface area contributed by atoms with Gasteiger partial charge in [0.15, 0.2) is 0 Å². The maximum Gasteiger partial charge on any atom is 0.253 e. The Labute approximate surface area is 147 Å². The first-order valence-electron chi connectivity index (χ1n) is 8.72. The number of aromatic nitrogens is 3. The highest BCUT2D eigenvalue weighted by Crippen LogP contribution is 2.27. The summed E-state index contributed by atoms with van der Waals surface area (Å²) >= 11 is 0. The summed E-state index contributed by atoms with van der Waals surface area (Å²) in [4.78, 5) is 14.9. The number of aryl methyl sites for hydroxylation is 1. The second kappa shape index (κ2) is 6.59. The van der Waals surface area contributed by atoms with Crippen LogP contribution in [0.5, 0.6) is 0 Å². The van der Waals surface area contributed by atoms with Crippen molar-refractivity contribution in [1.29, 1.82) is 0 Å². The number of carbonyl (C=O) groups excluding carboxylic acids is 1. The minimum absolute atomic E-state index is 0.118. The van der Waals surface area contributed by atoms with Crippen LogP contribution in [-0.4, -0.2) is 38.2 Å². The predicted molar refractivity (Wildman–Crippen MR) is 96.9 cm³/mol. The zero-order valence-electron chi connectivity index (χ0n) is 14.4. The first-order valence-corrected chi connectivity index (χ1v) is 8.72. The molecule has 3 heterocycles. The van der Waals surface area contributed by atoms with Crippen LogP contribution in [0.1, 0.15) is 34.7 Å². The van der Waals surface area contributed by atoms with E-state index in [4.69, 9.17) is 0 Å². The standard InChI is InChI=1S/C20H22N4O/c1-22-14-18(13-21-22)17-5-4-12-24(15-17)20(25)16-6-8-19(9-7-16)23-10-2-3-11-23/h2-3,6-11,13-14,17H,4-5,12,15H2,1H3. The molecular weight excluding hydrogens is 312 g/mol. The molecule has 128 valence electrons. The van der Waals surface area contributed by atoms with E-state index >= 15 is 0 Å². The van der Waals surface area contributed by atoms with Gasteiger partial charge in [-0.1, -0.05) is 0 Å². The first-order chi connectivity index (χ1) is 12.2. The third kappa shape index (κ3) is 3.22. The molecule has 0 radical (unpaired) electrons. The highest BCUT2D eigenvalue weighted by molar-refractivity contribution is 5.94. The van der Waals surface area contributed by atoms with Crippen LogP contribution in [0, 0.1) is 0 Å². The molecule has 1 atom stereocenters. The van der Waals surface area contributed by atoms with Gasteiger partial charge in [0.25, 0.3) is 5.91 Å². The van der Waals surface area contributed by atoms with Gasteiger partial charge in [-0.2, -0.15) is 5.10 Å². The summed E-state index contributed by atoms with van der Waals surface area (Å²) in [5.41, 5.74) is 3.04. The second-order valence-corrected chi connectivity index (χ2v) is 6.67. The fourth-order valence-corrected chi connectivity index (χ4v) is 3.55. The molecule has 1 fully saturated rings. The maximum absolute atomic E-state index is 12.9. The van der Waals surface area contributed by atoms with Crippen molar-refractivity contribution in [2.45, 2.75) is 18.8 Å². The molecule has 1 saturated heterocycles. The minimum atomic E-state index is 0.118. The van der Waals surface area contributed by atoms with Crippen molar-refractivity contribution in [3.63, 3.8) is 0 Å². The quantitative estimate of drug-likeness (QED) is 0.738. The predicted octanol–water partition coefficient (Wildman–Crippen LogP) is 3.23. The lowest BCUT2D eigenvalue weighted by Gasteiger charge is -2.32. The number of piperidine rings is 1. The fraction of sp³-hybridized carbons (Fsp3) is 0.300. The number of nitrogens with zero attached hydrogens (tertiary/aromatic N) is 4. The van der Waals surface area contributed by atoms with E-state index < -0.39 is 0 Å². The molecule has 1 amide bonds. The number of carbonyl (C=O) groups is 1. The summed E-state index contributed by atoms with van der Waals surface area (Å²) in [7, 11) is 1.93. The number of likely N-dealkylation sites (tertiary alicyclic amines) is 1. The summed E-state index contributed by atoms with van der Waals surface area (Å²) in [5, 5.41) is 4.26. The summed E-state index contributed by atoms with van der Waals surface area (Å²) < 4.78 is 3.86. The van der Waals surface area contributed by atoms with Crippen molar-refractivity contribution in [1.82, 2.24) is 19.2 Å². The number of hydrogen-bond donors (Lipinski definition) is 0. The topological polar surface area (TPSA) is 43.1 Å². The van der Waals surface area contributed by atoms with Crippen molar-refractivity contribution in [3.8, 4) is 5.69 Å². The average Bonchev–Trinajstić information content (AvgIpc) is 3.33. The van der Waals surface area contributed by atoms with Crippen LogP contribution < -0.4 is 0 Å². The zero-order valence-corrected chi connectivity index (χ0v) is 14.4. The van der Waals surface area contributed by atoms with E-state index in [1.807, 2.05) is 76.2 Å². The molecule has 0 bridgehead atoms. The molecule has 0 aliphatic carbocycles. The fourth-order valence-electron chi connectivity index (χ4n) is 3.55. The highest BCUT2D eigenvalue weighted by atomic mass is 16.2. The van der Waals surface area contributed by atoms with Gasteiger partial charge in [0, 0.05) is 55.9 Å². The monoisotopic (exact) mass is 334 g/mol. The Kier molecular flexibility index (Phi) is 4.14. The molecule has 1 unspecified atom stereocenters. The number of rotatable bonds is 3. The lowest BCUT2D eigenvalue weighted by atomic mass is 9.92. The largest absolute Gasteiger partial charge is 0.338 e. The van der Waals surface area contributed by atoms with Crippen LogP contribution in [0.15, 0.2) is 61.2 Å². The van der Waals surface area contributed by atoms with Gasteiger partial charge in [-0.15, -0.1) is 0 Å². The average molecular weight is 334 g/mol. The van der Waals surface area contributed by atoms with Gasteiger partial charge >= 0.3 is 0 Å². The molecule has 0 saturated carbocycles. The lowest BCUT2D eigenvalue weighted by molar-refractivity contribution is 0.0707. The number of benzene rings is 1. The Bertz CT molecular complexity index is 848. The van der Waals surface area contributed by atoms with Crippen molar-refractivity contribution >= 4 is 5.91 Å². The van der Waals surface area contributed by atoms with Crippen LogP contribution in [-0.2, 0) is 7.05 Å². The summed E-state index contributed by atoms with van der Waals surface area (Å²) in [6.45, 7) is 1.60. The Morgan fingerprint density at radius 1 is 1.16 bits per heavy atom. The summed E-state index contributed by atoms with van der Waals surface area (Å²) in [5.74, 6) is 0.498. The van der Waals surface area contributed by atoms with E-state index in [0.29, 0.717) is 5.92 Å². The molecule has 3 aromatic rings.